The maximum absolute atomic E-state index is 12.9. The van der Waals surface area contributed by atoms with E-state index in [1.54, 1.807) is 13.8 Å². The highest BCUT2D eigenvalue weighted by molar-refractivity contribution is 5.97. The molecule has 0 radical (unpaired) electrons. The van der Waals surface area contributed by atoms with Crippen LogP contribution in [-0.4, -0.2) is 31.9 Å². The van der Waals surface area contributed by atoms with Crippen molar-refractivity contribution in [3.05, 3.63) is 71.0 Å². The third-order valence-corrected chi connectivity index (χ3v) is 5.15. The van der Waals surface area contributed by atoms with Gasteiger partial charge in [-0.2, -0.15) is 0 Å². The minimum Gasteiger partial charge on any atom is -0.488 e. The molecule has 0 fully saturated rings. The van der Waals surface area contributed by atoms with Gasteiger partial charge >= 0.3 is 11.9 Å². The average Bonchev–Trinajstić information content (AvgIpc) is 3.39. The van der Waals surface area contributed by atoms with Crippen LogP contribution in [0.1, 0.15) is 31.1 Å². The first kappa shape index (κ1) is 20.8. The molecule has 7 nitrogen and oxygen atoms in total. The highest BCUT2D eigenvalue weighted by atomic mass is 16.7. The van der Waals surface area contributed by atoms with Crippen LogP contribution in [0, 0.1) is 5.92 Å². The van der Waals surface area contributed by atoms with Gasteiger partial charge in [-0.3, -0.25) is 4.79 Å². The summed E-state index contributed by atoms with van der Waals surface area (Å²) in [6.07, 6.45) is -0.381. The molecular formula is C24H24O7. The molecule has 0 bridgehead atoms. The third-order valence-electron chi connectivity index (χ3n) is 5.15. The quantitative estimate of drug-likeness (QED) is 0.627. The fourth-order valence-electron chi connectivity index (χ4n) is 3.81. The van der Waals surface area contributed by atoms with E-state index in [2.05, 4.69) is 0 Å². The van der Waals surface area contributed by atoms with Gasteiger partial charge in [-0.1, -0.05) is 36.4 Å². The first-order valence-corrected chi connectivity index (χ1v) is 10.3. The van der Waals surface area contributed by atoms with Gasteiger partial charge in [0.1, 0.15) is 17.8 Å². The number of carbonyl (C=O) groups is 2. The maximum atomic E-state index is 12.9. The summed E-state index contributed by atoms with van der Waals surface area (Å²) >= 11 is 0. The van der Waals surface area contributed by atoms with Gasteiger partial charge in [0.2, 0.25) is 6.79 Å². The fraction of sp³-hybridized carbons (Fsp3) is 0.333. The average molecular weight is 424 g/mol. The number of fused-ring (bicyclic) bond motifs is 1. The van der Waals surface area contributed by atoms with Crippen LogP contribution in [-0.2, 0) is 30.2 Å². The molecule has 0 saturated carbocycles. The van der Waals surface area contributed by atoms with Gasteiger partial charge in [0.05, 0.1) is 18.8 Å². The monoisotopic (exact) mass is 424 g/mol. The number of ether oxygens (including phenoxy) is 5. The van der Waals surface area contributed by atoms with E-state index in [4.69, 9.17) is 23.7 Å². The summed E-state index contributed by atoms with van der Waals surface area (Å²) in [4.78, 5) is 25.8. The van der Waals surface area contributed by atoms with Crippen molar-refractivity contribution < 1.29 is 33.3 Å². The molecule has 0 aromatic heterocycles. The van der Waals surface area contributed by atoms with E-state index in [1.807, 2.05) is 48.5 Å². The van der Waals surface area contributed by atoms with Gasteiger partial charge in [-0.25, -0.2) is 4.79 Å². The number of esters is 2. The predicted octanol–water partition coefficient (Wildman–Crippen LogP) is 3.73. The van der Waals surface area contributed by atoms with Crippen molar-refractivity contribution in [1.29, 1.82) is 0 Å². The molecule has 2 aliphatic rings. The molecule has 2 aromatic carbocycles. The second kappa shape index (κ2) is 9.12. The summed E-state index contributed by atoms with van der Waals surface area (Å²) in [5.41, 5.74) is 1.84. The zero-order chi connectivity index (χ0) is 21.8. The SMILES string of the molecule is CCOC(=O)C1=C(Cc2ccc3c(c2)OCO3)O[C@@H](c2ccccc2)[C@H]1C(=O)OCC. The Morgan fingerprint density at radius 2 is 1.71 bits per heavy atom. The van der Waals surface area contributed by atoms with Crippen molar-refractivity contribution in [2.75, 3.05) is 20.0 Å². The van der Waals surface area contributed by atoms with Crippen molar-refractivity contribution in [2.24, 2.45) is 5.92 Å². The van der Waals surface area contributed by atoms with E-state index in [-0.39, 0.29) is 25.6 Å². The molecule has 0 amide bonds. The van der Waals surface area contributed by atoms with E-state index >= 15 is 0 Å². The molecule has 0 spiro atoms. The Kier molecular flexibility index (Phi) is 6.11. The molecule has 2 heterocycles. The number of carbonyl (C=O) groups excluding carboxylic acids is 2. The van der Waals surface area contributed by atoms with Crippen LogP contribution in [0.2, 0.25) is 0 Å². The Hall–Kier alpha value is -3.48. The van der Waals surface area contributed by atoms with Gasteiger partial charge in [0.15, 0.2) is 11.5 Å². The lowest BCUT2D eigenvalue weighted by molar-refractivity contribution is -0.152. The topological polar surface area (TPSA) is 80.3 Å². The molecule has 0 aliphatic carbocycles. The summed E-state index contributed by atoms with van der Waals surface area (Å²) in [5, 5.41) is 0. The molecule has 4 rings (SSSR count). The van der Waals surface area contributed by atoms with Gasteiger partial charge in [0, 0.05) is 6.42 Å². The first-order chi connectivity index (χ1) is 15.1. The van der Waals surface area contributed by atoms with Crippen molar-refractivity contribution in [1.82, 2.24) is 0 Å². The summed E-state index contributed by atoms with van der Waals surface area (Å²) in [7, 11) is 0. The Morgan fingerprint density at radius 3 is 2.45 bits per heavy atom. The number of allylic oxidation sites excluding steroid dienone is 1. The van der Waals surface area contributed by atoms with E-state index in [0.717, 1.165) is 11.1 Å². The molecular weight excluding hydrogens is 400 g/mol. The van der Waals surface area contributed by atoms with Crippen LogP contribution in [0.25, 0.3) is 0 Å². The molecule has 2 atom stereocenters. The lowest BCUT2D eigenvalue weighted by atomic mass is 9.89. The van der Waals surface area contributed by atoms with Crippen molar-refractivity contribution >= 4 is 11.9 Å². The summed E-state index contributed by atoms with van der Waals surface area (Å²) in [6, 6.07) is 14.9. The zero-order valence-corrected chi connectivity index (χ0v) is 17.5. The Balaban J connectivity index is 1.74. The van der Waals surface area contributed by atoms with Crippen LogP contribution >= 0.6 is 0 Å². The summed E-state index contributed by atoms with van der Waals surface area (Å²) in [5.74, 6) is -0.304. The van der Waals surface area contributed by atoms with Gasteiger partial charge < -0.3 is 23.7 Å². The lowest BCUT2D eigenvalue weighted by Crippen LogP contribution is -2.27. The molecule has 7 heteroatoms. The second-order valence-electron chi connectivity index (χ2n) is 7.10. The van der Waals surface area contributed by atoms with Crippen LogP contribution in [0.3, 0.4) is 0 Å². The molecule has 0 unspecified atom stereocenters. The van der Waals surface area contributed by atoms with Crippen LogP contribution in [0.4, 0.5) is 0 Å². The van der Waals surface area contributed by atoms with Gasteiger partial charge in [0.25, 0.3) is 0 Å². The Morgan fingerprint density at radius 1 is 0.968 bits per heavy atom. The molecule has 0 saturated heterocycles. The van der Waals surface area contributed by atoms with Gasteiger partial charge in [-0.05, 0) is 37.1 Å². The Bertz CT molecular complexity index is 996. The minimum atomic E-state index is -0.912. The minimum absolute atomic E-state index is 0.174. The maximum Gasteiger partial charge on any atom is 0.338 e. The van der Waals surface area contributed by atoms with E-state index in [9.17, 15) is 9.59 Å². The smallest absolute Gasteiger partial charge is 0.338 e. The summed E-state index contributed by atoms with van der Waals surface area (Å²) < 4.78 is 27.6. The standard InChI is InChI=1S/C24H24O7/c1-3-27-23(25)20-19(13-15-10-11-17-18(12-15)30-14-29-17)31-22(16-8-6-5-7-9-16)21(20)24(26)28-4-2/h5-12,21-22H,3-4,13-14H2,1-2H3/t21-,22-/m0/s1. The summed E-state index contributed by atoms with van der Waals surface area (Å²) in [6.45, 7) is 4.01. The first-order valence-electron chi connectivity index (χ1n) is 10.3. The number of hydrogen-bond acceptors (Lipinski definition) is 7. The lowest BCUT2D eigenvalue weighted by Gasteiger charge is -2.20. The molecule has 2 aromatic rings. The second-order valence-corrected chi connectivity index (χ2v) is 7.10. The Labute approximate surface area is 180 Å². The van der Waals surface area contributed by atoms with E-state index in [0.29, 0.717) is 23.7 Å². The normalized spacial score (nSPS) is 19.2. The zero-order valence-electron chi connectivity index (χ0n) is 17.5. The molecule has 0 N–H and O–H groups in total. The highest BCUT2D eigenvalue weighted by Crippen LogP contribution is 2.44. The number of benzene rings is 2. The largest absolute Gasteiger partial charge is 0.488 e. The van der Waals surface area contributed by atoms with Crippen molar-refractivity contribution in [2.45, 2.75) is 26.4 Å². The van der Waals surface area contributed by atoms with E-state index in [1.165, 1.54) is 0 Å². The van der Waals surface area contributed by atoms with Crippen LogP contribution < -0.4 is 9.47 Å². The number of rotatable bonds is 7. The molecule has 2 aliphatic heterocycles. The van der Waals surface area contributed by atoms with Crippen LogP contribution in [0.15, 0.2) is 59.9 Å². The molecule has 31 heavy (non-hydrogen) atoms. The van der Waals surface area contributed by atoms with Crippen LogP contribution in [0.5, 0.6) is 11.5 Å². The van der Waals surface area contributed by atoms with Gasteiger partial charge in [-0.15, -0.1) is 0 Å². The highest BCUT2D eigenvalue weighted by Gasteiger charge is 2.47. The third kappa shape index (κ3) is 4.21. The van der Waals surface area contributed by atoms with E-state index < -0.39 is 24.0 Å². The predicted molar refractivity (Wildman–Crippen MR) is 110 cm³/mol. The molecule has 162 valence electrons. The van der Waals surface area contributed by atoms with Crippen molar-refractivity contribution in [3.8, 4) is 11.5 Å². The number of hydrogen-bond donors (Lipinski definition) is 0. The van der Waals surface area contributed by atoms with Crippen molar-refractivity contribution in [3.63, 3.8) is 0 Å². The fourth-order valence-corrected chi connectivity index (χ4v) is 3.81.